The predicted octanol–water partition coefficient (Wildman–Crippen LogP) is 2.84. The lowest BCUT2D eigenvalue weighted by Gasteiger charge is -2.19. The van der Waals surface area contributed by atoms with E-state index in [2.05, 4.69) is 20.9 Å². The molecule has 9 heteroatoms. The number of amides is 1. The van der Waals surface area contributed by atoms with Gasteiger partial charge in [-0.2, -0.15) is 0 Å². The summed E-state index contributed by atoms with van der Waals surface area (Å²) in [5.74, 6) is 0.634. The highest BCUT2D eigenvalue weighted by molar-refractivity contribution is 5.96. The summed E-state index contributed by atoms with van der Waals surface area (Å²) < 4.78 is 6.91. The molecular formula is C24H32N6O3. The van der Waals surface area contributed by atoms with Crippen molar-refractivity contribution in [1.29, 1.82) is 0 Å². The molecule has 4 rings (SSSR count). The summed E-state index contributed by atoms with van der Waals surface area (Å²) in [5.41, 5.74) is 3.84. The number of imidazole rings is 1. The van der Waals surface area contributed by atoms with Gasteiger partial charge in [0.15, 0.2) is 5.65 Å². The van der Waals surface area contributed by atoms with Gasteiger partial charge in [-0.3, -0.25) is 4.79 Å². The summed E-state index contributed by atoms with van der Waals surface area (Å²) in [6, 6.07) is 7.97. The molecule has 1 saturated carbocycles. The van der Waals surface area contributed by atoms with Crippen LogP contribution in [0.15, 0.2) is 30.5 Å². The highest BCUT2D eigenvalue weighted by Crippen LogP contribution is 2.28. The van der Waals surface area contributed by atoms with Crippen LogP contribution in [0.3, 0.4) is 0 Å². The molecule has 1 amide bonds. The summed E-state index contributed by atoms with van der Waals surface area (Å²) >= 11 is 0. The standard InChI is InChI=1S/C24H32N6O3/c1-15-11-16(5-8-18(15)23(31)28-17-6-7-17)20-13-26-22-19(27-14-24(2,3)32)12-21(29-30(20)22)25-9-10-33-4/h5,8,11-13,17,27,32H,6-7,9-10,14H2,1-4H3,(H,25,29)(H,28,31). The number of hydrogen-bond acceptors (Lipinski definition) is 7. The molecule has 1 aliphatic carbocycles. The van der Waals surface area contributed by atoms with Gasteiger partial charge in [0, 0.05) is 43.4 Å². The van der Waals surface area contributed by atoms with E-state index < -0.39 is 5.60 Å². The highest BCUT2D eigenvalue weighted by Gasteiger charge is 2.24. The first-order valence-corrected chi connectivity index (χ1v) is 11.2. The zero-order valence-electron chi connectivity index (χ0n) is 19.6. The van der Waals surface area contributed by atoms with Crippen LogP contribution in [-0.2, 0) is 4.74 Å². The minimum Gasteiger partial charge on any atom is -0.389 e. The van der Waals surface area contributed by atoms with Crippen molar-refractivity contribution in [1.82, 2.24) is 19.9 Å². The Balaban J connectivity index is 1.69. The molecule has 9 nitrogen and oxygen atoms in total. The van der Waals surface area contributed by atoms with Gasteiger partial charge in [0.25, 0.3) is 5.91 Å². The molecule has 0 saturated heterocycles. The zero-order valence-corrected chi connectivity index (χ0v) is 19.6. The predicted molar refractivity (Wildman–Crippen MR) is 129 cm³/mol. The van der Waals surface area contributed by atoms with Crippen LogP contribution in [-0.4, -0.2) is 64.1 Å². The average Bonchev–Trinajstić information content (AvgIpc) is 3.47. The SMILES string of the molecule is COCCNc1cc(NCC(C)(C)O)c2ncc(-c3ccc(C(=O)NC4CC4)c(C)c3)n2n1. The number of benzene rings is 1. The number of nitrogens with zero attached hydrogens (tertiary/aromatic N) is 3. The maximum atomic E-state index is 12.5. The first-order chi connectivity index (χ1) is 15.7. The molecule has 1 fully saturated rings. The van der Waals surface area contributed by atoms with E-state index in [1.807, 2.05) is 31.2 Å². The maximum absolute atomic E-state index is 12.5. The molecule has 1 aromatic carbocycles. The molecule has 2 heterocycles. The third-order valence-corrected chi connectivity index (χ3v) is 5.47. The molecule has 0 bridgehead atoms. The Kier molecular flexibility index (Phi) is 6.53. The van der Waals surface area contributed by atoms with Crippen molar-refractivity contribution >= 4 is 23.1 Å². The first-order valence-electron chi connectivity index (χ1n) is 11.2. The van der Waals surface area contributed by atoms with Gasteiger partial charge >= 0.3 is 0 Å². The van der Waals surface area contributed by atoms with Gasteiger partial charge < -0.3 is 25.8 Å². The van der Waals surface area contributed by atoms with E-state index in [0.29, 0.717) is 42.8 Å². The Morgan fingerprint density at radius 2 is 2.06 bits per heavy atom. The lowest BCUT2D eigenvalue weighted by molar-refractivity contribution is 0.0940. The van der Waals surface area contributed by atoms with Crippen molar-refractivity contribution in [3.63, 3.8) is 0 Å². The lowest BCUT2D eigenvalue weighted by Crippen LogP contribution is -2.29. The van der Waals surface area contributed by atoms with Crippen LogP contribution in [0.4, 0.5) is 11.5 Å². The molecule has 0 radical (unpaired) electrons. The van der Waals surface area contributed by atoms with Crippen molar-refractivity contribution in [3.8, 4) is 11.3 Å². The molecule has 0 aliphatic heterocycles. The van der Waals surface area contributed by atoms with Crippen LogP contribution in [0, 0.1) is 6.92 Å². The van der Waals surface area contributed by atoms with E-state index in [1.54, 1.807) is 31.7 Å². The summed E-state index contributed by atoms with van der Waals surface area (Å²) in [6.07, 6.45) is 3.89. The third kappa shape index (κ3) is 5.61. The maximum Gasteiger partial charge on any atom is 0.251 e. The van der Waals surface area contributed by atoms with Crippen molar-refractivity contribution < 1.29 is 14.6 Å². The van der Waals surface area contributed by atoms with Gasteiger partial charge in [0.05, 0.1) is 29.8 Å². The normalized spacial score (nSPS) is 13.8. The summed E-state index contributed by atoms with van der Waals surface area (Å²) in [7, 11) is 1.65. The van der Waals surface area contributed by atoms with Gasteiger partial charge in [-0.15, -0.1) is 5.10 Å². The fourth-order valence-electron chi connectivity index (χ4n) is 3.54. The number of carbonyl (C=O) groups excluding carboxylic acids is 1. The average molecular weight is 453 g/mol. The first kappa shape index (κ1) is 23.0. The molecular weight excluding hydrogens is 420 g/mol. The van der Waals surface area contributed by atoms with Crippen molar-refractivity contribution in [2.75, 3.05) is 37.4 Å². The summed E-state index contributed by atoms with van der Waals surface area (Å²) in [6.45, 7) is 6.94. The van der Waals surface area contributed by atoms with Crippen molar-refractivity contribution in [3.05, 3.63) is 41.6 Å². The number of hydrogen-bond donors (Lipinski definition) is 4. The third-order valence-electron chi connectivity index (χ3n) is 5.47. The number of aromatic nitrogens is 3. The minimum atomic E-state index is -0.882. The summed E-state index contributed by atoms with van der Waals surface area (Å²) in [5, 5.41) is 24.5. The summed E-state index contributed by atoms with van der Waals surface area (Å²) in [4.78, 5) is 17.1. The van der Waals surface area contributed by atoms with Crippen molar-refractivity contribution in [2.24, 2.45) is 0 Å². The van der Waals surface area contributed by atoms with E-state index in [-0.39, 0.29) is 5.91 Å². The number of ether oxygens (including phenoxy) is 1. The largest absolute Gasteiger partial charge is 0.389 e. The Labute approximate surface area is 193 Å². The topological polar surface area (TPSA) is 113 Å². The second-order valence-corrected chi connectivity index (χ2v) is 9.19. The molecule has 176 valence electrons. The molecule has 2 aromatic heterocycles. The number of rotatable bonds is 10. The Hall–Kier alpha value is -3.17. The van der Waals surface area contributed by atoms with Crippen LogP contribution < -0.4 is 16.0 Å². The second kappa shape index (κ2) is 9.36. The fourth-order valence-corrected chi connectivity index (χ4v) is 3.54. The monoisotopic (exact) mass is 452 g/mol. The molecule has 0 atom stereocenters. The molecule has 1 aliphatic rings. The van der Waals surface area contributed by atoms with Gasteiger partial charge in [-0.1, -0.05) is 6.07 Å². The quantitative estimate of drug-likeness (QED) is 0.350. The van der Waals surface area contributed by atoms with Gasteiger partial charge in [-0.05, 0) is 51.3 Å². The molecule has 0 unspecified atom stereocenters. The minimum absolute atomic E-state index is 0.0273. The number of nitrogens with one attached hydrogen (secondary N) is 3. The smallest absolute Gasteiger partial charge is 0.251 e. The zero-order chi connectivity index (χ0) is 23.6. The molecule has 33 heavy (non-hydrogen) atoms. The van der Waals surface area contributed by atoms with E-state index in [4.69, 9.17) is 9.84 Å². The van der Waals surface area contributed by atoms with Crippen LogP contribution in [0.25, 0.3) is 16.9 Å². The Bertz CT molecular complexity index is 1150. The van der Waals surface area contributed by atoms with Crippen LogP contribution in [0.2, 0.25) is 0 Å². The lowest BCUT2D eigenvalue weighted by atomic mass is 10.0. The van der Waals surface area contributed by atoms with Gasteiger partial charge in [0.1, 0.15) is 5.82 Å². The van der Waals surface area contributed by atoms with E-state index in [0.717, 1.165) is 35.3 Å². The van der Waals surface area contributed by atoms with E-state index in [9.17, 15) is 9.90 Å². The fraction of sp³-hybridized carbons (Fsp3) is 0.458. The number of methoxy groups -OCH3 is 1. The Morgan fingerprint density at radius 3 is 2.73 bits per heavy atom. The number of anilines is 2. The number of aryl methyl sites for hydroxylation is 1. The number of fused-ring (bicyclic) bond motifs is 1. The van der Waals surface area contributed by atoms with Crippen molar-refractivity contribution in [2.45, 2.75) is 45.3 Å². The van der Waals surface area contributed by atoms with Crippen LogP contribution in [0.1, 0.15) is 42.6 Å². The molecule has 0 spiro atoms. The number of aliphatic hydroxyl groups is 1. The van der Waals surface area contributed by atoms with E-state index >= 15 is 0 Å². The van der Waals surface area contributed by atoms with Crippen LogP contribution in [0.5, 0.6) is 0 Å². The second-order valence-electron chi connectivity index (χ2n) is 9.19. The van der Waals surface area contributed by atoms with Gasteiger partial charge in [-0.25, -0.2) is 9.50 Å². The van der Waals surface area contributed by atoms with Crippen LogP contribution >= 0.6 is 0 Å². The molecule has 3 aromatic rings. The molecule has 4 N–H and O–H groups in total. The number of carbonyl (C=O) groups is 1. The highest BCUT2D eigenvalue weighted by atomic mass is 16.5. The van der Waals surface area contributed by atoms with Gasteiger partial charge in [0.2, 0.25) is 0 Å². The Morgan fingerprint density at radius 1 is 1.27 bits per heavy atom. The van der Waals surface area contributed by atoms with E-state index in [1.165, 1.54) is 0 Å².